The van der Waals surface area contributed by atoms with Crippen LogP contribution >= 0.6 is 11.8 Å². The van der Waals surface area contributed by atoms with Gasteiger partial charge in [0, 0.05) is 43.0 Å². The Bertz CT molecular complexity index is 2900. The van der Waals surface area contributed by atoms with Gasteiger partial charge in [0.15, 0.2) is 0 Å². The van der Waals surface area contributed by atoms with Crippen LogP contribution in [0.4, 0.5) is 0 Å². The number of aromatic nitrogens is 4. The van der Waals surface area contributed by atoms with Crippen molar-refractivity contribution in [2.24, 2.45) is 0 Å². The predicted molar refractivity (Wildman–Crippen MR) is 270 cm³/mol. The minimum Gasteiger partial charge on any atom is -0.455 e. The molecule has 0 amide bonds. The van der Waals surface area contributed by atoms with Crippen LogP contribution in [-0.2, 0) is 41.4 Å². The number of esters is 1. The highest BCUT2D eigenvalue weighted by molar-refractivity contribution is 7.99. The van der Waals surface area contributed by atoms with E-state index in [4.69, 9.17) is 28.1 Å². The monoisotopic (exact) mass is 988 g/mol. The molecule has 0 bridgehead atoms. The van der Waals surface area contributed by atoms with Gasteiger partial charge in [0.2, 0.25) is 0 Å². The summed E-state index contributed by atoms with van der Waals surface area (Å²) in [7, 11) is -2.99. The predicted octanol–water partition coefficient (Wildman–Crippen LogP) is 6.19. The van der Waals surface area contributed by atoms with E-state index in [9.17, 15) is 24.0 Å². The van der Waals surface area contributed by atoms with Gasteiger partial charge in [0.1, 0.15) is 36.8 Å². The fraction of sp³-hybridized carbons (Fsp3) is 0.377. The maximum Gasteiger partial charge on any atom is 0.338 e. The molecule has 8 rings (SSSR count). The van der Waals surface area contributed by atoms with Crippen LogP contribution in [0.3, 0.4) is 0 Å². The number of benzene rings is 4. The number of aromatic amines is 1. The number of hydrogen-bond donors (Lipinski definition) is 1. The molecule has 0 saturated carbocycles. The van der Waals surface area contributed by atoms with E-state index in [1.165, 1.54) is 33.3 Å². The minimum absolute atomic E-state index is 0.159. The third kappa shape index (κ3) is 11.3. The molecule has 2 aliphatic rings. The maximum absolute atomic E-state index is 13.9. The number of carbonyl (C=O) groups excluding carboxylic acids is 1. The molecule has 2 saturated heterocycles. The van der Waals surface area contributed by atoms with E-state index in [-0.39, 0.29) is 31.4 Å². The lowest BCUT2D eigenvalue weighted by Crippen LogP contribution is -2.67. The van der Waals surface area contributed by atoms with E-state index < -0.39 is 73.0 Å². The van der Waals surface area contributed by atoms with Gasteiger partial charge in [-0.2, -0.15) is 0 Å². The minimum atomic E-state index is -2.99. The largest absolute Gasteiger partial charge is 0.455 e. The van der Waals surface area contributed by atoms with Crippen molar-refractivity contribution in [3.63, 3.8) is 0 Å². The molecule has 4 heterocycles. The molecular formula is C53H60N4O11SSi. The average Bonchev–Trinajstić information content (AvgIpc) is 3.96. The summed E-state index contributed by atoms with van der Waals surface area (Å²) in [5.41, 5.74) is -0.792. The Kier molecular flexibility index (Phi) is 16.2. The first kappa shape index (κ1) is 50.5. The SMILES string of the molecule is Cc1cn([C@H]2C[C@H](OCCCSC3O[C@@H](n4cc(C)c(=O)n(COCc5ccccc5)c4=O)C[C@@H]3OC(=O)c3ccccc3)[C@@H](CO[Si](c3ccccc3)(c3ccccc3)C(C)(C)C)O2)c(=O)[nH]c1=O. The van der Waals surface area contributed by atoms with Crippen LogP contribution in [0.25, 0.3) is 0 Å². The lowest BCUT2D eigenvalue weighted by atomic mass is 10.2. The van der Waals surface area contributed by atoms with E-state index >= 15 is 0 Å². The van der Waals surface area contributed by atoms with Crippen molar-refractivity contribution in [2.75, 3.05) is 19.0 Å². The molecule has 368 valence electrons. The number of nitrogens with one attached hydrogen (secondary N) is 1. The molecule has 70 heavy (non-hydrogen) atoms. The molecule has 0 aliphatic carbocycles. The zero-order valence-electron chi connectivity index (χ0n) is 40.1. The summed E-state index contributed by atoms with van der Waals surface area (Å²) in [6.07, 6.45) is 0.662. The van der Waals surface area contributed by atoms with Gasteiger partial charge in [0.25, 0.3) is 19.4 Å². The Labute approximate surface area is 411 Å². The van der Waals surface area contributed by atoms with Crippen molar-refractivity contribution in [1.29, 1.82) is 0 Å². The molecule has 6 atom stereocenters. The highest BCUT2D eigenvalue weighted by Crippen LogP contribution is 2.39. The number of aryl methyl sites for hydroxylation is 2. The first-order chi connectivity index (χ1) is 33.7. The van der Waals surface area contributed by atoms with Crippen LogP contribution < -0.4 is 32.9 Å². The fourth-order valence-electron chi connectivity index (χ4n) is 9.18. The van der Waals surface area contributed by atoms with Crippen molar-refractivity contribution < 1.29 is 32.9 Å². The second-order valence-electron chi connectivity index (χ2n) is 18.7. The van der Waals surface area contributed by atoms with Crippen LogP contribution in [0.2, 0.25) is 5.04 Å². The molecule has 15 nitrogen and oxygen atoms in total. The standard InChI is InChI=1S/C53H60N4O11SSi/c1-36-31-55(51(61)54-47(36)58)45-29-42(44(66-45)34-65-70(53(3,4)5,40-23-14-8-15-24-40)41-25-16-9-17-26-41)64-27-18-28-69-50-43(67-49(60)39-21-12-7-13-22-39)30-46(68-50)56-32-37(2)48(59)57(52(56)62)35-63-33-38-19-10-6-11-20-38/h6-17,19-26,31-32,42-46,50H,18,27-30,33-35H2,1-5H3,(H,54,58,61)/t42-,43-,44+,45+,46+,50?/m0/s1. The molecule has 1 unspecified atom stereocenters. The van der Waals surface area contributed by atoms with E-state index in [2.05, 4.69) is 50.0 Å². The van der Waals surface area contributed by atoms with Gasteiger partial charge < -0.3 is 28.1 Å². The summed E-state index contributed by atoms with van der Waals surface area (Å²) >= 11 is 1.44. The quantitative estimate of drug-likeness (QED) is 0.0555. The molecule has 2 aromatic heterocycles. The normalized spacial score (nSPS) is 20.4. The molecule has 4 aromatic carbocycles. The van der Waals surface area contributed by atoms with Crippen LogP contribution in [0, 0.1) is 13.8 Å². The third-order valence-corrected chi connectivity index (χ3v) is 19.0. The van der Waals surface area contributed by atoms with Gasteiger partial charge in [0.05, 0.1) is 24.9 Å². The molecule has 6 aromatic rings. The molecular weight excluding hydrogens is 929 g/mol. The summed E-state index contributed by atoms with van der Waals surface area (Å²) in [6, 6.07) is 38.8. The Morgan fingerprint density at radius 1 is 0.757 bits per heavy atom. The van der Waals surface area contributed by atoms with Crippen molar-refractivity contribution in [1.82, 2.24) is 18.7 Å². The van der Waals surface area contributed by atoms with Gasteiger partial charge in [-0.3, -0.25) is 23.7 Å². The lowest BCUT2D eigenvalue weighted by molar-refractivity contribution is -0.0590. The first-order valence-corrected chi connectivity index (χ1v) is 26.5. The summed E-state index contributed by atoms with van der Waals surface area (Å²) in [5.74, 6) is 0.00146. The number of nitrogens with zero attached hydrogens (tertiary/aromatic N) is 3. The van der Waals surface area contributed by atoms with E-state index in [1.54, 1.807) is 38.1 Å². The highest BCUT2D eigenvalue weighted by Gasteiger charge is 2.51. The highest BCUT2D eigenvalue weighted by atomic mass is 32.2. The summed E-state index contributed by atoms with van der Waals surface area (Å²) in [6.45, 7) is 10.3. The number of hydrogen-bond acceptors (Lipinski definition) is 12. The topological polar surface area (TPSA) is 171 Å². The molecule has 0 spiro atoms. The summed E-state index contributed by atoms with van der Waals surface area (Å²) in [5, 5.41) is 1.93. The van der Waals surface area contributed by atoms with Gasteiger partial charge in [-0.25, -0.2) is 19.0 Å². The molecule has 2 aliphatic heterocycles. The van der Waals surface area contributed by atoms with E-state index in [1.807, 2.05) is 72.8 Å². The second kappa shape index (κ2) is 22.4. The number of H-pyrrole nitrogens is 1. The number of thioether (sulfide) groups is 1. The zero-order valence-corrected chi connectivity index (χ0v) is 41.9. The van der Waals surface area contributed by atoms with Gasteiger partial charge in [-0.1, -0.05) is 130 Å². The van der Waals surface area contributed by atoms with Crippen molar-refractivity contribution in [3.05, 3.63) is 198 Å². The average molecular weight is 989 g/mol. The van der Waals surface area contributed by atoms with E-state index in [0.29, 0.717) is 41.9 Å². The first-order valence-electron chi connectivity index (χ1n) is 23.5. The molecule has 2 fully saturated rings. The summed E-state index contributed by atoms with van der Waals surface area (Å²) < 4.78 is 42.8. The van der Waals surface area contributed by atoms with Crippen molar-refractivity contribution in [2.45, 2.75) is 108 Å². The number of carbonyl (C=O) groups is 1. The molecule has 0 radical (unpaired) electrons. The summed E-state index contributed by atoms with van der Waals surface area (Å²) in [4.78, 5) is 68.5. The molecule has 1 N–H and O–H groups in total. The van der Waals surface area contributed by atoms with Crippen LogP contribution in [0.1, 0.15) is 79.5 Å². The third-order valence-electron chi connectivity index (χ3n) is 12.7. The second-order valence-corrected chi connectivity index (χ2v) is 24.2. The molecule has 17 heteroatoms. The van der Waals surface area contributed by atoms with Gasteiger partial charge in [-0.05, 0) is 59.1 Å². The lowest BCUT2D eigenvalue weighted by Gasteiger charge is -2.43. The van der Waals surface area contributed by atoms with Crippen molar-refractivity contribution >= 4 is 36.4 Å². The fourth-order valence-corrected chi connectivity index (χ4v) is 14.9. The Hall–Kier alpha value is -5.92. The Morgan fingerprint density at radius 2 is 1.34 bits per heavy atom. The number of ether oxygens (including phenoxy) is 5. The van der Waals surface area contributed by atoms with Crippen LogP contribution in [-0.4, -0.2) is 75.7 Å². The van der Waals surface area contributed by atoms with E-state index in [0.717, 1.165) is 20.5 Å². The van der Waals surface area contributed by atoms with Crippen molar-refractivity contribution in [3.8, 4) is 0 Å². The van der Waals surface area contributed by atoms with Crippen LogP contribution in [0.5, 0.6) is 0 Å². The van der Waals surface area contributed by atoms with Gasteiger partial charge in [-0.15, -0.1) is 11.8 Å². The Balaban J connectivity index is 0.981. The zero-order chi connectivity index (χ0) is 49.4. The number of rotatable bonds is 19. The maximum atomic E-state index is 13.9. The van der Waals surface area contributed by atoms with Gasteiger partial charge >= 0.3 is 17.3 Å². The smallest absolute Gasteiger partial charge is 0.338 e. The van der Waals surface area contributed by atoms with Crippen LogP contribution in [0.15, 0.2) is 153 Å². The Morgan fingerprint density at radius 3 is 1.99 bits per heavy atom.